The molecular formula is C19H20N4OS. The van der Waals surface area contributed by atoms with Crippen molar-refractivity contribution in [3.05, 3.63) is 59.7 Å². The van der Waals surface area contributed by atoms with E-state index < -0.39 is 0 Å². The Kier molecular flexibility index (Phi) is 4.38. The third-order valence-corrected chi connectivity index (χ3v) is 5.70. The van der Waals surface area contributed by atoms with E-state index in [4.69, 9.17) is 10.7 Å². The molecule has 25 heavy (non-hydrogen) atoms. The van der Waals surface area contributed by atoms with E-state index in [9.17, 15) is 4.79 Å². The van der Waals surface area contributed by atoms with E-state index in [1.165, 1.54) is 4.70 Å². The number of nitrogens with two attached hydrogens (primary N) is 1. The second-order valence-corrected chi connectivity index (χ2v) is 7.26. The number of benzene rings is 2. The lowest BCUT2D eigenvalue weighted by Gasteiger charge is -2.34. The van der Waals surface area contributed by atoms with Crippen LogP contribution >= 0.6 is 11.3 Å². The van der Waals surface area contributed by atoms with Crippen molar-refractivity contribution in [2.45, 2.75) is 6.54 Å². The fraction of sp³-hybridized carbons (Fsp3) is 0.263. The van der Waals surface area contributed by atoms with Gasteiger partial charge in [0.15, 0.2) is 5.13 Å². The van der Waals surface area contributed by atoms with Gasteiger partial charge in [-0.3, -0.25) is 9.69 Å². The highest BCUT2D eigenvalue weighted by molar-refractivity contribution is 7.22. The average Bonchev–Trinajstić information content (AvgIpc) is 3.07. The minimum atomic E-state index is -0.358. The first-order valence-electron chi connectivity index (χ1n) is 8.41. The Hall–Kier alpha value is -2.44. The molecule has 6 heteroatoms. The lowest BCUT2D eigenvalue weighted by atomic mass is 10.1. The van der Waals surface area contributed by atoms with Crippen molar-refractivity contribution in [1.29, 1.82) is 0 Å². The standard InChI is InChI=1S/C19H20N4OS/c20-18(24)15-6-2-1-5-14(15)13-22-9-11-23(12-10-22)19-21-16-7-3-4-8-17(16)25-19/h1-8H,9-13H2,(H2,20,24). The van der Waals surface area contributed by atoms with Gasteiger partial charge in [0.2, 0.25) is 5.91 Å². The number of thiazole rings is 1. The van der Waals surface area contributed by atoms with E-state index in [0.717, 1.165) is 48.9 Å². The Morgan fingerprint density at radius 2 is 1.76 bits per heavy atom. The summed E-state index contributed by atoms with van der Waals surface area (Å²) in [5.74, 6) is -0.358. The summed E-state index contributed by atoms with van der Waals surface area (Å²) in [7, 11) is 0. The van der Waals surface area contributed by atoms with Gasteiger partial charge in [-0.2, -0.15) is 0 Å². The number of rotatable bonds is 4. The van der Waals surface area contributed by atoms with Crippen molar-refractivity contribution in [2.75, 3.05) is 31.1 Å². The zero-order valence-corrected chi connectivity index (χ0v) is 14.7. The van der Waals surface area contributed by atoms with Gasteiger partial charge in [-0.1, -0.05) is 41.7 Å². The third kappa shape index (κ3) is 3.36. The Balaban J connectivity index is 1.42. The molecule has 0 radical (unpaired) electrons. The molecule has 0 saturated carbocycles. The highest BCUT2D eigenvalue weighted by Crippen LogP contribution is 2.29. The molecule has 1 aliphatic heterocycles. The van der Waals surface area contributed by atoms with Gasteiger partial charge >= 0.3 is 0 Å². The fourth-order valence-electron chi connectivity index (χ4n) is 3.23. The number of hydrogen-bond donors (Lipinski definition) is 1. The number of primary amides is 1. The maximum absolute atomic E-state index is 11.6. The number of carbonyl (C=O) groups is 1. The molecule has 2 aromatic carbocycles. The summed E-state index contributed by atoms with van der Waals surface area (Å²) >= 11 is 1.75. The normalized spacial score (nSPS) is 15.6. The number of nitrogens with zero attached hydrogens (tertiary/aromatic N) is 3. The lowest BCUT2D eigenvalue weighted by molar-refractivity contribution is 0.0998. The van der Waals surface area contributed by atoms with Crippen LogP contribution in [-0.2, 0) is 6.54 Å². The number of carbonyl (C=O) groups excluding carboxylic acids is 1. The van der Waals surface area contributed by atoms with Crippen LogP contribution in [0.15, 0.2) is 48.5 Å². The van der Waals surface area contributed by atoms with Crippen molar-refractivity contribution in [1.82, 2.24) is 9.88 Å². The highest BCUT2D eigenvalue weighted by atomic mass is 32.1. The highest BCUT2D eigenvalue weighted by Gasteiger charge is 2.21. The summed E-state index contributed by atoms with van der Waals surface area (Å²) in [4.78, 5) is 21.0. The van der Waals surface area contributed by atoms with E-state index in [0.29, 0.717) is 5.56 Å². The van der Waals surface area contributed by atoms with Crippen molar-refractivity contribution in [3.8, 4) is 0 Å². The van der Waals surface area contributed by atoms with Gasteiger partial charge < -0.3 is 10.6 Å². The summed E-state index contributed by atoms with van der Waals surface area (Å²) in [5, 5.41) is 1.10. The lowest BCUT2D eigenvalue weighted by Crippen LogP contribution is -2.46. The van der Waals surface area contributed by atoms with Gasteiger partial charge in [0, 0.05) is 38.3 Å². The molecule has 2 N–H and O–H groups in total. The number of piperazine rings is 1. The monoisotopic (exact) mass is 352 g/mol. The van der Waals surface area contributed by atoms with Crippen LogP contribution in [0.2, 0.25) is 0 Å². The molecule has 0 bridgehead atoms. The predicted molar refractivity (Wildman–Crippen MR) is 102 cm³/mol. The van der Waals surface area contributed by atoms with Gasteiger partial charge in [0.05, 0.1) is 10.2 Å². The van der Waals surface area contributed by atoms with Crippen LogP contribution in [0.5, 0.6) is 0 Å². The molecule has 1 fully saturated rings. The minimum absolute atomic E-state index is 0.358. The number of amides is 1. The summed E-state index contributed by atoms with van der Waals surface area (Å²) in [5.41, 5.74) is 8.18. The number of aromatic nitrogens is 1. The van der Waals surface area contributed by atoms with Crippen LogP contribution < -0.4 is 10.6 Å². The Labute approximate surface area is 150 Å². The number of hydrogen-bond acceptors (Lipinski definition) is 5. The quantitative estimate of drug-likeness (QED) is 0.784. The van der Waals surface area contributed by atoms with E-state index in [1.807, 2.05) is 24.3 Å². The summed E-state index contributed by atoms with van der Waals surface area (Å²) < 4.78 is 1.23. The average molecular weight is 352 g/mol. The molecular weight excluding hydrogens is 332 g/mol. The van der Waals surface area contributed by atoms with Crippen LogP contribution in [0.1, 0.15) is 15.9 Å². The Morgan fingerprint density at radius 1 is 1.04 bits per heavy atom. The molecule has 1 saturated heterocycles. The first kappa shape index (κ1) is 16.1. The Morgan fingerprint density at radius 3 is 2.52 bits per heavy atom. The van der Waals surface area contributed by atoms with Crippen LogP contribution in [0.3, 0.4) is 0 Å². The zero-order chi connectivity index (χ0) is 17.2. The van der Waals surface area contributed by atoms with Crippen LogP contribution in [0, 0.1) is 0 Å². The van der Waals surface area contributed by atoms with Crippen LogP contribution in [0.25, 0.3) is 10.2 Å². The molecule has 1 amide bonds. The molecule has 0 atom stereocenters. The van der Waals surface area contributed by atoms with Crippen LogP contribution in [0.4, 0.5) is 5.13 Å². The van der Waals surface area contributed by atoms with Gasteiger partial charge in [-0.05, 0) is 23.8 Å². The van der Waals surface area contributed by atoms with Gasteiger partial charge in [0.25, 0.3) is 0 Å². The minimum Gasteiger partial charge on any atom is -0.366 e. The first-order chi connectivity index (χ1) is 12.2. The molecule has 1 aliphatic rings. The van der Waals surface area contributed by atoms with Gasteiger partial charge in [0.1, 0.15) is 0 Å². The van der Waals surface area contributed by atoms with Gasteiger partial charge in [-0.15, -0.1) is 0 Å². The van der Waals surface area contributed by atoms with E-state index in [-0.39, 0.29) is 5.91 Å². The summed E-state index contributed by atoms with van der Waals surface area (Å²) in [6, 6.07) is 15.9. The van der Waals surface area contributed by atoms with Crippen molar-refractivity contribution in [2.24, 2.45) is 5.73 Å². The van der Waals surface area contributed by atoms with Crippen molar-refractivity contribution in [3.63, 3.8) is 0 Å². The summed E-state index contributed by atoms with van der Waals surface area (Å²) in [6.45, 7) is 4.54. The summed E-state index contributed by atoms with van der Waals surface area (Å²) in [6.07, 6.45) is 0. The van der Waals surface area contributed by atoms with Gasteiger partial charge in [-0.25, -0.2) is 4.98 Å². The Bertz CT molecular complexity index is 866. The largest absolute Gasteiger partial charge is 0.366 e. The number of anilines is 1. The zero-order valence-electron chi connectivity index (χ0n) is 13.9. The van der Waals surface area contributed by atoms with E-state index in [2.05, 4.69) is 28.0 Å². The molecule has 128 valence electrons. The molecule has 1 aromatic heterocycles. The van der Waals surface area contributed by atoms with Crippen molar-refractivity contribution < 1.29 is 4.79 Å². The molecule has 2 heterocycles. The topological polar surface area (TPSA) is 62.5 Å². The molecule has 5 nitrogen and oxygen atoms in total. The molecule has 0 spiro atoms. The smallest absolute Gasteiger partial charge is 0.249 e. The fourth-order valence-corrected chi connectivity index (χ4v) is 4.25. The predicted octanol–water partition coefficient (Wildman–Crippen LogP) is 2.72. The molecule has 0 aliphatic carbocycles. The van der Waals surface area contributed by atoms with E-state index in [1.54, 1.807) is 17.4 Å². The second-order valence-electron chi connectivity index (χ2n) is 6.25. The molecule has 4 rings (SSSR count). The van der Waals surface area contributed by atoms with Crippen LogP contribution in [-0.4, -0.2) is 42.0 Å². The first-order valence-corrected chi connectivity index (χ1v) is 9.23. The molecule has 3 aromatic rings. The SMILES string of the molecule is NC(=O)c1ccccc1CN1CCN(c2nc3ccccc3s2)CC1. The van der Waals surface area contributed by atoms with Crippen molar-refractivity contribution >= 4 is 32.6 Å². The maximum Gasteiger partial charge on any atom is 0.249 e. The third-order valence-electron chi connectivity index (χ3n) is 4.60. The van der Waals surface area contributed by atoms with E-state index >= 15 is 0 Å². The second kappa shape index (κ2) is 6.82. The number of para-hydroxylation sites is 1. The maximum atomic E-state index is 11.6. The number of fused-ring (bicyclic) bond motifs is 1. The molecule has 0 unspecified atom stereocenters.